The molecular weight excluding hydrogens is 320 g/mol. The molecule has 0 bridgehead atoms. The average molecular weight is 340 g/mol. The molecule has 6 nitrogen and oxygen atoms in total. The van der Waals surface area contributed by atoms with E-state index in [0.717, 1.165) is 18.4 Å². The number of nitrogens with one attached hydrogen (secondary N) is 2. The Balaban J connectivity index is 1.55. The maximum Gasteiger partial charge on any atom is 0.251 e. The van der Waals surface area contributed by atoms with Gasteiger partial charge in [-0.3, -0.25) is 9.59 Å². The number of furan rings is 1. The molecular formula is C19H20N2O4. The molecule has 1 heterocycles. The van der Waals surface area contributed by atoms with Crippen molar-refractivity contribution in [3.05, 3.63) is 65.6 Å². The molecule has 3 N–H and O–H groups in total. The first kappa shape index (κ1) is 17.0. The maximum absolute atomic E-state index is 12.0. The maximum atomic E-state index is 12.0. The van der Waals surface area contributed by atoms with Crippen LogP contribution in [-0.2, 0) is 4.79 Å². The highest BCUT2D eigenvalue weighted by atomic mass is 16.3. The average Bonchev–Trinajstić information content (AvgIpc) is 3.27. The molecule has 0 radical (unpaired) electrons. The topological polar surface area (TPSA) is 91.6 Å². The van der Waals surface area contributed by atoms with E-state index < -0.39 is 6.04 Å². The zero-order valence-corrected chi connectivity index (χ0v) is 13.6. The summed E-state index contributed by atoms with van der Waals surface area (Å²) in [6, 6.07) is 10.1. The smallest absolute Gasteiger partial charge is 0.251 e. The van der Waals surface area contributed by atoms with Gasteiger partial charge in [-0.2, -0.15) is 0 Å². The summed E-state index contributed by atoms with van der Waals surface area (Å²) in [4.78, 5) is 23.9. The lowest BCUT2D eigenvalue weighted by molar-refractivity contribution is -0.117. The van der Waals surface area contributed by atoms with E-state index in [0.29, 0.717) is 17.4 Å². The van der Waals surface area contributed by atoms with Gasteiger partial charge in [0.15, 0.2) is 0 Å². The van der Waals surface area contributed by atoms with E-state index in [1.54, 1.807) is 42.5 Å². The van der Waals surface area contributed by atoms with E-state index in [-0.39, 0.29) is 18.4 Å². The second-order valence-electron chi connectivity index (χ2n) is 5.96. The van der Waals surface area contributed by atoms with Gasteiger partial charge in [0, 0.05) is 17.7 Å². The minimum atomic E-state index is -0.583. The van der Waals surface area contributed by atoms with Crippen molar-refractivity contribution in [2.45, 2.75) is 24.9 Å². The lowest BCUT2D eigenvalue weighted by atomic mass is 10.1. The van der Waals surface area contributed by atoms with E-state index in [1.807, 2.05) is 0 Å². The number of hydrogen-bond donors (Lipinski definition) is 3. The molecule has 130 valence electrons. The number of aliphatic hydroxyl groups is 1. The molecule has 0 spiro atoms. The fraction of sp³-hybridized carbons (Fsp3) is 0.263. The standard InChI is InChI=1S/C19H20N2O4/c22-12-16(17-2-1-11-25-17)21-18(23)10-5-13-3-6-14(7-4-13)19(24)20-15-8-9-15/h1-7,10-11,15-16,22H,8-9,12H2,(H,20,24)(H,21,23)/b10-5+. The molecule has 1 aliphatic carbocycles. The molecule has 1 aliphatic rings. The Morgan fingerprint density at radius 2 is 2.00 bits per heavy atom. The van der Waals surface area contributed by atoms with Gasteiger partial charge in [-0.05, 0) is 48.7 Å². The fourth-order valence-corrected chi connectivity index (χ4v) is 2.33. The molecule has 1 atom stereocenters. The lowest BCUT2D eigenvalue weighted by Gasteiger charge is -2.12. The lowest BCUT2D eigenvalue weighted by Crippen LogP contribution is -2.28. The van der Waals surface area contributed by atoms with Crippen molar-refractivity contribution in [2.24, 2.45) is 0 Å². The minimum Gasteiger partial charge on any atom is -0.467 e. The van der Waals surface area contributed by atoms with Crippen molar-refractivity contribution in [3.8, 4) is 0 Å². The number of amides is 2. The van der Waals surface area contributed by atoms with E-state index in [4.69, 9.17) is 4.42 Å². The predicted molar refractivity (Wildman–Crippen MR) is 92.6 cm³/mol. The number of carbonyl (C=O) groups excluding carboxylic acids is 2. The Morgan fingerprint density at radius 3 is 2.60 bits per heavy atom. The zero-order chi connectivity index (χ0) is 17.6. The molecule has 2 aromatic rings. The molecule has 1 saturated carbocycles. The molecule has 0 saturated heterocycles. The van der Waals surface area contributed by atoms with Crippen LogP contribution in [0.25, 0.3) is 6.08 Å². The Labute approximate surface area is 145 Å². The quantitative estimate of drug-likeness (QED) is 0.673. The van der Waals surface area contributed by atoms with Crippen LogP contribution in [0.15, 0.2) is 53.2 Å². The summed E-state index contributed by atoms with van der Waals surface area (Å²) in [6.07, 6.45) is 6.61. The summed E-state index contributed by atoms with van der Waals surface area (Å²) in [5.41, 5.74) is 1.41. The van der Waals surface area contributed by atoms with Crippen LogP contribution in [0, 0.1) is 0 Å². The molecule has 6 heteroatoms. The Hall–Kier alpha value is -2.86. The highest BCUT2D eigenvalue weighted by molar-refractivity contribution is 5.95. The van der Waals surface area contributed by atoms with Gasteiger partial charge in [-0.25, -0.2) is 0 Å². The van der Waals surface area contributed by atoms with E-state index in [2.05, 4.69) is 10.6 Å². The first-order valence-electron chi connectivity index (χ1n) is 8.19. The second-order valence-corrected chi connectivity index (χ2v) is 5.96. The normalized spacial score (nSPS) is 15.1. The summed E-state index contributed by atoms with van der Waals surface area (Å²) >= 11 is 0. The SMILES string of the molecule is O=C(/C=C/c1ccc(C(=O)NC2CC2)cc1)NC(CO)c1ccco1. The van der Waals surface area contributed by atoms with Crippen LogP contribution in [0.4, 0.5) is 0 Å². The number of rotatable bonds is 7. The van der Waals surface area contributed by atoms with Crippen molar-refractivity contribution in [1.29, 1.82) is 0 Å². The van der Waals surface area contributed by atoms with Crippen LogP contribution in [0.1, 0.15) is 40.6 Å². The van der Waals surface area contributed by atoms with Gasteiger partial charge in [-0.1, -0.05) is 12.1 Å². The number of carbonyl (C=O) groups is 2. The van der Waals surface area contributed by atoms with Crippen LogP contribution in [-0.4, -0.2) is 29.6 Å². The van der Waals surface area contributed by atoms with E-state index in [1.165, 1.54) is 12.3 Å². The van der Waals surface area contributed by atoms with Crippen molar-refractivity contribution < 1.29 is 19.1 Å². The van der Waals surface area contributed by atoms with Gasteiger partial charge in [0.2, 0.25) is 5.91 Å². The van der Waals surface area contributed by atoms with Crippen molar-refractivity contribution in [2.75, 3.05) is 6.61 Å². The summed E-state index contributed by atoms with van der Waals surface area (Å²) in [7, 11) is 0. The largest absolute Gasteiger partial charge is 0.467 e. The van der Waals surface area contributed by atoms with Crippen molar-refractivity contribution >= 4 is 17.9 Å². The monoisotopic (exact) mass is 340 g/mol. The summed E-state index contributed by atoms with van der Waals surface area (Å²) in [5, 5.41) is 14.9. The first-order chi connectivity index (χ1) is 12.2. The van der Waals surface area contributed by atoms with Crippen LogP contribution in [0.5, 0.6) is 0 Å². The number of aliphatic hydroxyl groups excluding tert-OH is 1. The number of hydrogen-bond acceptors (Lipinski definition) is 4. The molecule has 1 aromatic heterocycles. The highest BCUT2D eigenvalue weighted by Gasteiger charge is 2.23. The molecule has 25 heavy (non-hydrogen) atoms. The van der Waals surface area contributed by atoms with Crippen molar-refractivity contribution in [1.82, 2.24) is 10.6 Å². The second kappa shape index (κ2) is 7.81. The van der Waals surface area contributed by atoms with E-state index >= 15 is 0 Å². The first-order valence-corrected chi connectivity index (χ1v) is 8.19. The van der Waals surface area contributed by atoms with Crippen molar-refractivity contribution in [3.63, 3.8) is 0 Å². The predicted octanol–water partition coefficient (Wildman–Crippen LogP) is 2.03. The molecule has 0 aliphatic heterocycles. The minimum absolute atomic E-state index is 0.0694. The molecule has 1 unspecified atom stereocenters. The van der Waals surface area contributed by atoms with Gasteiger partial charge in [-0.15, -0.1) is 0 Å². The molecule has 1 fully saturated rings. The zero-order valence-electron chi connectivity index (χ0n) is 13.6. The van der Waals surface area contributed by atoms with Gasteiger partial charge in [0.05, 0.1) is 12.9 Å². The Morgan fingerprint density at radius 1 is 1.24 bits per heavy atom. The van der Waals surface area contributed by atoms with E-state index in [9.17, 15) is 14.7 Å². The Kier molecular flexibility index (Phi) is 5.30. The van der Waals surface area contributed by atoms with Crippen LogP contribution in [0.3, 0.4) is 0 Å². The van der Waals surface area contributed by atoms with Gasteiger partial charge < -0.3 is 20.2 Å². The third-order valence-electron chi connectivity index (χ3n) is 3.90. The summed E-state index contributed by atoms with van der Waals surface area (Å²) in [6.45, 7) is -0.252. The summed E-state index contributed by atoms with van der Waals surface area (Å²) in [5.74, 6) is 0.0845. The molecule has 1 aromatic carbocycles. The van der Waals surface area contributed by atoms with Crippen LogP contribution in [0.2, 0.25) is 0 Å². The Bertz CT molecular complexity index is 746. The van der Waals surface area contributed by atoms with Gasteiger partial charge in [0.25, 0.3) is 5.91 Å². The van der Waals surface area contributed by atoms with Crippen LogP contribution >= 0.6 is 0 Å². The third-order valence-corrected chi connectivity index (χ3v) is 3.90. The molecule has 2 amide bonds. The highest BCUT2D eigenvalue weighted by Crippen LogP contribution is 2.19. The number of benzene rings is 1. The third kappa shape index (κ3) is 4.81. The van der Waals surface area contributed by atoms with Gasteiger partial charge in [0.1, 0.15) is 11.8 Å². The fourth-order valence-electron chi connectivity index (χ4n) is 2.33. The molecule has 3 rings (SSSR count). The summed E-state index contributed by atoms with van der Waals surface area (Å²) < 4.78 is 5.18. The van der Waals surface area contributed by atoms with Crippen LogP contribution < -0.4 is 10.6 Å². The van der Waals surface area contributed by atoms with Gasteiger partial charge >= 0.3 is 0 Å².